The topological polar surface area (TPSA) is 50.9 Å². The molecule has 1 atom stereocenters. The number of halogens is 1. The van der Waals surface area contributed by atoms with E-state index in [9.17, 15) is 4.39 Å². The van der Waals surface area contributed by atoms with Gasteiger partial charge in [-0.1, -0.05) is 6.07 Å². The second-order valence-electron chi connectivity index (χ2n) is 4.27. The molecule has 0 spiro atoms. The largest absolute Gasteiger partial charge is 0.463 e. The van der Waals surface area contributed by atoms with Gasteiger partial charge in [-0.3, -0.25) is 0 Å². The lowest BCUT2D eigenvalue weighted by atomic mass is 10.2. The van der Waals surface area contributed by atoms with Gasteiger partial charge in [0.15, 0.2) is 0 Å². The molecule has 5 heteroatoms. The summed E-state index contributed by atoms with van der Waals surface area (Å²) in [5.41, 5.74) is 6.90. The van der Waals surface area contributed by atoms with Crippen molar-refractivity contribution in [3.8, 4) is 0 Å². The predicted octanol–water partition coefficient (Wildman–Crippen LogP) is 1.28. The Labute approximate surface area is 99.9 Å². The van der Waals surface area contributed by atoms with Gasteiger partial charge in [0, 0.05) is 13.6 Å². The van der Waals surface area contributed by atoms with Gasteiger partial charge in [-0.15, -0.1) is 0 Å². The van der Waals surface area contributed by atoms with E-state index in [1.807, 2.05) is 24.9 Å². The fourth-order valence-electron chi connectivity index (χ4n) is 1.87. The van der Waals surface area contributed by atoms with Gasteiger partial charge in [0.25, 0.3) is 6.02 Å². The summed E-state index contributed by atoms with van der Waals surface area (Å²) in [6.45, 7) is 2.91. The first-order valence-electron chi connectivity index (χ1n) is 5.49. The Bertz CT molecular complexity index is 447. The molecule has 0 amide bonds. The maximum Gasteiger partial charge on any atom is 0.282 e. The second kappa shape index (κ2) is 4.61. The zero-order valence-corrected chi connectivity index (χ0v) is 9.98. The molecule has 0 aliphatic carbocycles. The number of hydrogen-bond donors (Lipinski definition) is 1. The summed E-state index contributed by atoms with van der Waals surface area (Å²) >= 11 is 0. The normalized spacial score (nSPS) is 18.8. The summed E-state index contributed by atoms with van der Waals surface area (Å²) in [6, 6.07) is 5.37. The van der Waals surface area contributed by atoms with Crippen LogP contribution in [0.15, 0.2) is 23.2 Å². The van der Waals surface area contributed by atoms with Crippen molar-refractivity contribution in [3.63, 3.8) is 0 Å². The number of anilines is 1. The van der Waals surface area contributed by atoms with E-state index in [0.29, 0.717) is 18.8 Å². The van der Waals surface area contributed by atoms with E-state index in [2.05, 4.69) is 4.99 Å². The number of nitrogens with two attached hydrogens (primary N) is 1. The van der Waals surface area contributed by atoms with Crippen molar-refractivity contribution in [3.05, 3.63) is 29.6 Å². The highest BCUT2D eigenvalue weighted by Crippen LogP contribution is 2.20. The van der Waals surface area contributed by atoms with Crippen molar-refractivity contribution in [2.75, 3.05) is 25.1 Å². The Morgan fingerprint density at radius 2 is 2.35 bits per heavy atom. The minimum atomic E-state index is -0.219. The Hall–Kier alpha value is -1.78. The van der Waals surface area contributed by atoms with E-state index in [0.717, 1.165) is 5.56 Å². The molecule has 0 aromatic heterocycles. The summed E-state index contributed by atoms with van der Waals surface area (Å²) in [6.07, 6.45) is 0. The number of aliphatic imine (C=N–C) groups is 1. The third-order valence-electron chi connectivity index (χ3n) is 2.73. The van der Waals surface area contributed by atoms with Gasteiger partial charge in [-0.2, -0.15) is 0 Å². The Morgan fingerprint density at radius 3 is 2.94 bits per heavy atom. The van der Waals surface area contributed by atoms with Crippen LogP contribution < -0.4 is 10.6 Å². The van der Waals surface area contributed by atoms with Crippen molar-refractivity contribution in [2.45, 2.75) is 13.0 Å². The van der Waals surface area contributed by atoms with Crippen LogP contribution in [0.25, 0.3) is 0 Å². The number of rotatable bonds is 3. The van der Waals surface area contributed by atoms with Crippen LogP contribution in [0.1, 0.15) is 5.56 Å². The molecule has 1 aliphatic heterocycles. The van der Waals surface area contributed by atoms with E-state index in [4.69, 9.17) is 10.5 Å². The number of aryl methyl sites for hydroxylation is 1. The van der Waals surface area contributed by atoms with Crippen LogP contribution in [-0.4, -0.2) is 32.3 Å². The minimum Gasteiger partial charge on any atom is -0.463 e. The van der Waals surface area contributed by atoms with Gasteiger partial charge in [0.1, 0.15) is 18.5 Å². The first-order chi connectivity index (χ1) is 8.06. The van der Waals surface area contributed by atoms with Gasteiger partial charge in [0.2, 0.25) is 0 Å². The molecule has 2 N–H and O–H groups in total. The number of amidine groups is 1. The fourth-order valence-corrected chi connectivity index (χ4v) is 1.87. The highest BCUT2D eigenvalue weighted by molar-refractivity contribution is 5.73. The lowest BCUT2D eigenvalue weighted by Crippen LogP contribution is -2.29. The smallest absolute Gasteiger partial charge is 0.282 e. The highest BCUT2D eigenvalue weighted by atomic mass is 19.1. The van der Waals surface area contributed by atoms with E-state index >= 15 is 0 Å². The minimum absolute atomic E-state index is 0.0271. The molecule has 1 aliphatic rings. The molecular weight excluding hydrogens is 221 g/mol. The van der Waals surface area contributed by atoms with E-state index in [-0.39, 0.29) is 17.9 Å². The van der Waals surface area contributed by atoms with Crippen LogP contribution in [0.5, 0.6) is 0 Å². The van der Waals surface area contributed by atoms with Gasteiger partial charge >= 0.3 is 0 Å². The summed E-state index contributed by atoms with van der Waals surface area (Å²) in [5.74, 6) is -0.219. The molecule has 17 heavy (non-hydrogen) atoms. The zero-order chi connectivity index (χ0) is 12.4. The van der Waals surface area contributed by atoms with Crippen molar-refractivity contribution >= 4 is 11.7 Å². The maximum absolute atomic E-state index is 13.7. The first-order valence-corrected chi connectivity index (χ1v) is 5.49. The predicted molar refractivity (Wildman–Crippen MR) is 65.8 cm³/mol. The molecule has 0 fully saturated rings. The Morgan fingerprint density at radius 1 is 1.59 bits per heavy atom. The van der Waals surface area contributed by atoms with E-state index in [1.54, 1.807) is 6.07 Å². The maximum atomic E-state index is 13.7. The summed E-state index contributed by atoms with van der Waals surface area (Å²) in [5, 5.41) is 0. The summed E-state index contributed by atoms with van der Waals surface area (Å²) in [7, 11) is 1.83. The van der Waals surface area contributed by atoms with Crippen LogP contribution in [0.2, 0.25) is 0 Å². The Balaban J connectivity index is 2.07. The highest BCUT2D eigenvalue weighted by Gasteiger charge is 2.19. The van der Waals surface area contributed by atoms with Crippen molar-refractivity contribution in [1.82, 2.24) is 0 Å². The molecule has 0 radical (unpaired) electrons. The first kappa shape index (κ1) is 11.7. The van der Waals surface area contributed by atoms with Crippen LogP contribution in [0, 0.1) is 12.7 Å². The average Bonchev–Trinajstić information content (AvgIpc) is 2.63. The second-order valence-corrected chi connectivity index (χ2v) is 4.27. The monoisotopic (exact) mass is 237 g/mol. The van der Waals surface area contributed by atoms with Crippen molar-refractivity contribution in [2.24, 2.45) is 10.7 Å². The average molecular weight is 237 g/mol. The van der Waals surface area contributed by atoms with Gasteiger partial charge in [-0.25, -0.2) is 9.38 Å². The third kappa shape index (κ3) is 2.67. The van der Waals surface area contributed by atoms with Crippen LogP contribution in [0.4, 0.5) is 10.1 Å². The molecule has 1 unspecified atom stereocenters. The SMILES string of the molecule is Cc1ccc(N(C)CC2COC(N)=N2)c(F)c1. The molecule has 92 valence electrons. The van der Waals surface area contributed by atoms with E-state index in [1.165, 1.54) is 6.07 Å². The van der Waals surface area contributed by atoms with Crippen LogP contribution in [-0.2, 0) is 4.74 Å². The quantitative estimate of drug-likeness (QED) is 0.861. The zero-order valence-electron chi connectivity index (χ0n) is 9.98. The van der Waals surface area contributed by atoms with Gasteiger partial charge in [-0.05, 0) is 24.6 Å². The molecule has 0 bridgehead atoms. The van der Waals surface area contributed by atoms with Crippen LogP contribution in [0.3, 0.4) is 0 Å². The number of benzene rings is 1. The third-order valence-corrected chi connectivity index (χ3v) is 2.73. The molecule has 1 aromatic carbocycles. The molecular formula is C12H16FN3O. The summed E-state index contributed by atoms with van der Waals surface area (Å²) < 4.78 is 18.8. The number of nitrogens with zero attached hydrogens (tertiary/aromatic N) is 2. The lowest BCUT2D eigenvalue weighted by Gasteiger charge is -2.21. The Kier molecular flexibility index (Phi) is 3.17. The van der Waals surface area contributed by atoms with Gasteiger partial charge < -0.3 is 15.4 Å². The molecule has 4 nitrogen and oxygen atoms in total. The van der Waals surface area contributed by atoms with Crippen molar-refractivity contribution < 1.29 is 9.13 Å². The molecule has 1 aromatic rings. The molecule has 0 saturated carbocycles. The standard InChI is InChI=1S/C12H16FN3O/c1-8-3-4-11(10(13)5-8)16(2)6-9-7-17-12(14)15-9/h3-5,9H,6-7H2,1-2H3,(H2,14,15). The van der Waals surface area contributed by atoms with E-state index < -0.39 is 0 Å². The lowest BCUT2D eigenvalue weighted by molar-refractivity contribution is 0.314. The molecule has 2 rings (SSSR count). The van der Waals surface area contributed by atoms with Crippen LogP contribution >= 0.6 is 0 Å². The van der Waals surface area contributed by atoms with Crippen molar-refractivity contribution in [1.29, 1.82) is 0 Å². The summed E-state index contributed by atoms with van der Waals surface area (Å²) in [4.78, 5) is 5.93. The van der Waals surface area contributed by atoms with Gasteiger partial charge in [0.05, 0.1) is 5.69 Å². The molecule has 0 saturated heterocycles. The number of likely N-dealkylation sites (N-methyl/N-ethyl adjacent to an activating group) is 1. The number of hydrogen-bond acceptors (Lipinski definition) is 4. The molecule has 1 heterocycles. The fraction of sp³-hybridized carbons (Fsp3) is 0.417. The number of ether oxygens (including phenoxy) is 1.